The Labute approximate surface area is 395 Å². The number of fused-ring (bicyclic) bond motifs is 6. The van der Waals surface area contributed by atoms with E-state index >= 15 is 0 Å². The first-order chi connectivity index (χ1) is 33.7. The average molecular weight is 865 g/mol. The zero-order chi connectivity index (χ0) is 45.0. The summed E-state index contributed by atoms with van der Waals surface area (Å²) >= 11 is 0. The van der Waals surface area contributed by atoms with E-state index < -0.39 is 0 Å². The highest BCUT2D eigenvalue weighted by Gasteiger charge is 2.16. The maximum absolute atomic E-state index is 2.39. The van der Waals surface area contributed by atoms with Crippen molar-refractivity contribution in [1.82, 2.24) is 9.13 Å². The van der Waals surface area contributed by atoms with Gasteiger partial charge in [-0.2, -0.15) is 0 Å². The van der Waals surface area contributed by atoms with Crippen molar-refractivity contribution in [3.63, 3.8) is 0 Å². The molecule has 0 aliphatic rings. The van der Waals surface area contributed by atoms with Crippen molar-refractivity contribution >= 4 is 43.6 Å². The lowest BCUT2D eigenvalue weighted by molar-refractivity contribution is 1.18. The van der Waals surface area contributed by atoms with Crippen molar-refractivity contribution in [3.05, 3.63) is 267 Å². The van der Waals surface area contributed by atoms with Gasteiger partial charge in [-0.25, -0.2) is 0 Å². The van der Waals surface area contributed by atoms with Gasteiger partial charge in [-0.3, -0.25) is 0 Å². The molecule has 13 rings (SSSR count). The topological polar surface area (TPSA) is 9.86 Å². The third kappa shape index (κ3) is 6.90. The summed E-state index contributed by atoms with van der Waals surface area (Å²) in [5, 5.41) is 5.03. The van der Waals surface area contributed by atoms with E-state index in [0.717, 1.165) is 5.69 Å². The fourth-order valence-electron chi connectivity index (χ4n) is 10.3. The minimum absolute atomic E-state index is 1.16. The van der Waals surface area contributed by atoms with Crippen molar-refractivity contribution in [3.8, 4) is 78.1 Å². The van der Waals surface area contributed by atoms with Crippen LogP contribution < -0.4 is 0 Å². The normalized spacial score (nSPS) is 11.5. The van der Waals surface area contributed by atoms with E-state index in [9.17, 15) is 0 Å². The van der Waals surface area contributed by atoms with Gasteiger partial charge in [0.1, 0.15) is 0 Å². The van der Waals surface area contributed by atoms with Gasteiger partial charge in [0.25, 0.3) is 0 Å². The molecule has 0 bridgehead atoms. The molecule has 0 unspecified atom stereocenters. The Balaban J connectivity index is 0.733. The molecule has 0 saturated heterocycles. The Hall–Kier alpha value is -8.98. The fourth-order valence-corrected chi connectivity index (χ4v) is 10.3. The van der Waals surface area contributed by atoms with Gasteiger partial charge in [0.15, 0.2) is 0 Å². The van der Waals surface area contributed by atoms with Crippen LogP contribution in [0.25, 0.3) is 122 Å². The number of nitrogens with zero attached hydrogens (tertiary/aromatic N) is 2. The molecule has 0 saturated carbocycles. The Morgan fingerprint density at radius 3 is 0.750 bits per heavy atom. The van der Waals surface area contributed by atoms with Crippen molar-refractivity contribution in [2.45, 2.75) is 0 Å². The van der Waals surface area contributed by atoms with Crippen LogP contribution in [0.3, 0.4) is 0 Å². The van der Waals surface area contributed by atoms with E-state index in [-0.39, 0.29) is 0 Å². The lowest BCUT2D eigenvalue weighted by atomic mass is 9.96. The highest BCUT2D eigenvalue weighted by Crippen LogP contribution is 2.39. The minimum Gasteiger partial charge on any atom is -0.309 e. The molecule has 0 aliphatic heterocycles. The van der Waals surface area contributed by atoms with Crippen LogP contribution in [0.2, 0.25) is 0 Å². The lowest BCUT2D eigenvalue weighted by Gasteiger charge is -2.10. The number of benzene rings is 11. The highest BCUT2D eigenvalue weighted by molar-refractivity contribution is 6.12. The first kappa shape index (κ1) is 39.4. The summed E-state index contributed by atoms with van der Waals surface area (Å²) in [4.78, 5) is 0. The number of hydrogen-bond donors (Lipinski definition) is 0. The molecule has 0 amide bonds. The Morgan fingerprint density at radius 1 is 0.162 bits per heavy atom. The molecular weight excluding hydrogens is 821 g/mol. The first-order valence-corrected chi connectivity index (χ1v) is 23.4. The summed E-state index contributed by atoms with van der Waals surface area (Å²) < 4.78 is 4.75. The SMILES string of the molecule is c1ccc(-c2ccc3c(c2)c2cc(-c4ccc(-c5ccc(-c6ccc(-c7ccc(-c8ccc9c(c8)c8ccccc8n9-c8ccccc8)cc7)cc6)cc5)cc4)ccc2n3-c2ccccc2)cc1. The predicted octanol–water partition coefficient (Wildman–Crippen LogP) is 17.9. The molecule has 0 N–H and O–H groups in total. The Bertz CT molecular complexity index is 3940. The molecular formula is C66H44N2. The van der Waals surface area contributed by atoms with E-state index in [1.165, 1.54) is 116 Å². The van der Waals surface area contributed by atoms with Gasteiger partial charge >= 0.3 is 0 Å². The predicted molar refractivity (Wildman–Crippen MR) is 288 cm³/mol. The fraction of sp³-hybridized carbons (Fsp3) is 0. The summed E-state index contributed by atoms with van der Waals surface area (Å²) in [6, 6.07) is 97.2. The number of hydrogen-bond acceptors (Lipinski definition) is 0. The van der Waals surface area contributed by atoms with Crippen LogP contribution in [0.15, 0.2) is 267 Å². The van der Waals surface area contributed by atoms with Crippen LogP contribution in [-0.2, 0) is 0 Å². The van der Waals surface area contributed by atoms with Crippen LogP contribution in [0.4, 0.5) is 0 Å². The lowest BCUT2D eigenvalue weighted by Crippen LogP contribution is -1.93. The number of para-hydroxylation sites is 3. The van der Waals surface area contributed by atoms with E-state index in [0.29, 0.717) is 0 Å². The molecule has 2 aromatic heterocycles. The monoisotopic (exact) mass is 864 g/mol. The van der Waals surface area contributed by atoms with Gasteiger partial charge < -0.3 is 9.13 Å². The molecule has 2 nitrogen and oxygen atoms in total. The van der Waals surface area contributed by atoms with Crippen LogP contribution in [-0.4, -0.2) is 9.13 Å². The highest BCUT2D eigenvalue weighted by atomic mass is 15.0. The van der Waals surface area contributed by atoms with E-state index in [1.54, 1.807) is 0 Å². The molecule has 0 radical (unpaired) electrons. The summed E-state index contributed by atoms with van der Waals surface area (Å²) in [7, 11) is 0. The molecule has 2 heterocycles. The zero-order valence-corrected chi connectivity index (χ0v) is 37.3. The summed E-state index contributed by atoms with van der Waals surface area (Å²) in [6.07, 6.45) is 0. The van der Waals surface area contributed by atoms with E-state index in [4.69, 9.17) is 0 Å². The number of rotatable bonds is 8. The van der Waals surface area contributed by atoms with E-state index in [2.05, 4.69) is 276 Å². The van der Waals surface area contributed by atoms with Crippen molar-refractivity contribution in [2.75, 3.05) is 0 Å². The van der Waals surface area contributed by atoms with E-state index in [1.807, 2.05) is 0 Å². The van der Waals surface area contributed by atoms with Crippen molar-refractivity contribution < 1.29 is 0 Å². The second-order valence-electron chi connectivity index (χ2n) is 17.7. The Kier molecular flexibility index (Phi) is 9.54. The maximum Gasteiger partial charge on any atom is 0.0541 e. The van der Waals surface area contributed by atoms with Gasteiger partial charge in [0, 0.05) is 32.9 Å². The zero-order valence-electron chi connectivity index (χ0n) is 37.3. The van der Waals surface area contributed by atoms with Crippen LogP contribution in [0.1, 0.15) is 0 Å². The number of aromatic nitrogens is 2. The first-order valence-electron chi connectivity index (χ1n) is 23.4. The molecule has 0 fully saturated rings. The molecule has 11 aromatic carbocycles. The van der Waals surface area contributed by atoms with Crippen LogP contribution in [0.5, 0.6) is 0 Å². The summed E-state index contributed by atoms with van der Waals surface area (Å²) in [5.41, 5.74) is 21.7. The minimum atomic E-state index is 1.16. The van der Waals surface area contributed by atoms with Gasteiger partial charge in [0.05, 0.1) is 22.1 Å². The smallest absolute Gasteiger partial charge is 0.0541 e. The van der Waals surface area contributed by atoms with Crippen molar-refractivity contribution in [1.29, 1.82) is 0 Å². The quantitative estimate of drug-likeness (QED) is 0.144. The maximum atomic E-state index is 2.39. The molecule has 2 heteroatoms. The van der Waals surface area contributed by atoms with Gasteiger partial charge in [-0.05, 0) is 133 Å². The summed E-state index contributed by atoms with van der Waals surface area (Å²) in [6.45, 7) is 0. The molecule has 318 valence electrons. The van der Waals surface area contributed by atoms with Crippen LogP contribution in [0, 0.1) is 0 Å². The van der Waals surface area contributed by atoms with Gasteiger partial charge in [0.2, 0.25) is 0 Å². The van der Waals surface area contributed by atoms with Gasteiger partial charge in [-0.1, -0.05) is 200 Å². The molecule has 0 atom stereocenters. The average Bonchev–Trinajstić information content (AvgIpc) is 3.93. The largest absolute Gasteiger partial charge is 0.309 e. The standard InChI is InChI=1S/C66H44N2/c1-4-12-45(13-5-1)54-36-40-65-61(43-54)62-44-56(38-41-66(62)68(65)58-16-8-3-9-17-58)53-34-30-51(31-35-53)49-26-22-47(23-27-49)46-20-24-48(25-21-46)50-28-32-52(33-29-50)55-37-39-64-60(42-55)59-18-10-11-19-63(59)67(64)57-14-6-2-7-15-57/h1-44H. The molecule has 0 aliphatic carbocycles. The molecule has 13 aromatic rings. The van der Waals surface area contributed by atoms with Gasteiger partial charge in [-0.15, -0.1) is 0 Å². The summed E-state index contributed by atoms with van der Waals surface area (Å²) in [5.74, 6) is 0. The molecule has 68 heavy (non-hydrogen) atoms. The second kappa shape index (κ2) is 16.5. The molecule has 0 spiro atoms. The Morgan fingerprint density at radius 2 is 0.397 bits per heavy atom. The second-order valence-corrected chi connectivity index (χ2v) is 17.7. The third-order valence-electron chi connectivity index (χ3n) is 13.8. The van der Waals surface area contributed by atoms with Crippen molar-refractivity contribution in [2.24, 2.45) is 0 Å². The third-order valence-corrected chi connectivity index (χ3v) is 13.8. The van der Waals surface area contributed by atoms with Crippen LogP contribution >= 0.6 is 0 Å².